The number of aromatic nitrogens is 2. The van der Waals surface area contributed by atoms with E-state index < -0.39 is 22.8 Å². The maximum absolute atomic E-state index is 13.8. The fourth-order valence-corrected chi connectivity index (χ4v) is 3.74. The minimum Gasteiger partial charge on any atom is -0.323 e. The van der Waals surface area contributed by atoms with E-state index in [0.29, 0.717) is 16.1 Å². The van der Waals surface area contributed by atoms with Crippen LogP contribution in [0.2, 0.25) is 0 Å². The van der Waals surface area contributed by atoms with E-state index in [0.717, 1.165) is 30.0 Å². The second-order valence-electron chi connectivity index (χ2n) is 6.55. The summed E-state index contributed by atoms with van der Waals surface area (Å²) in [6.45, 7) is 5.33. The average Bonchev–Trinajstić information content (AvgIpc) is 2.64. The standard InChI is InChI=1S/C20H19F2N3O2S/c1-11(2)25-19(27)14-6-4-5-7-16(14)24-20(25)28-12(3)18(26)23-17-10-13(21)8-9-15(17)22/h4-12H,1-3H3,(H,23,26)/t12-/m1/s1. The molecule has 0 bridgehead atoms. The predicted molar refractivity (Wildman–Crippen MR) is 107 cm³/mol. The number of para-hydroxylation sites is 1. The van der Waals surface area contributed by atoms with E-state index in [1.165, 1.54) is 4.57 Å². The number of thioether (sulfide) groups is 1. The zero-order valence-corrected chi connectivity index (χ0v) is 16.4. The number of carbonyl (C=O) groups excluding carboxylic acids is 1. The molecule has 0 spiro atoms. The Morgan fingerprint density at radius 2 is 1.86 bits per heavy atom. The lowest BCUT2D eigenvalue weighted by molar-refractivity contribution is -0.115. The number of hydrogen-bond acceptors (Lipinski definition) is 4. The van der Waals surface area contributed by atoms with E-state index in [-0.39, 0.29) is 17.3 Å². The number of nitrogens with one attached hydrogen (secondary N) is 1. The van der Waals surface area contributed by atoms with Gasteiger partial charge in [-0.2, -0.15) is 0 Å². The normalized spacial score (nSPS) is 12.4. The molecule has 0 aliphatic carbocycles. The van der Waals surface area contributed by atoms with Gasteiger partial charge in [0, 0.05) is 12.1 Å². The number of amides is 1. The summed E-state index contributed by atoms with van der Waals surface area (Å²) in [7, 11) is 0. The highest BCUT2D eigenvalue weighted by Crippen LogP contribution is 2.26. The Morgan fingerprint density at radius 1 is 1.14 bits per heavy atom. The third kappa shape index (κ3) is 4.06. The molecule has 28 heavy (non-hydrogen) atoms. The second-order valence-corrected chi connectivity index (χ2v) is 7.86. The van der Waals surface area contributed by atoms with Crippen LogP contribution in [-0.2, 0) is 4.79 Å². The lowest BCUT2D eigenvalue weighted by Gasteiger charge is -2.18. The molecule has 0 aliphatic heterocycles. The highest BCUT2D eigenvalue weighted by atomic mass is 32.2. The molecule has 146 valence electrons. The molecular weight excluding hydrogens is 384 g/mol. The summed E-state index contributed by atoms with van der Waals surface area (Å²) < 4.78 is 28.6. The van der Waals surface area contributed by atoms with Crippen LogP contribution in [0.15, 0.2) is 52.4 Å². The van der Waals surface area contributed by atoms with Crippen molar-refractivity contribution >= 4 is 34.3 Å². The smallest absolute Gasteiger partial charge is 0.262 e. The topological polar surface area (TPSA) is 64.0 Å². The Bertz CT molecular complexity index is 1100. The summed E-state index contributed by atoms with van der Waals surface area (Å²) in [6, 6.07) is 9.68. The van der Waals surface area contributed by atoms with E-state index in [9.17, 15) is 18.4 Å². The van der Waals surface area contributed by atoms with Crippen LogP contribution in [0.1, 0.15) is 26.8 Å². The summed E-state index contributed by atoms with van der Waals surface area (Å²) in [4.78, 5) is 29.8. The van der Waals surface area contributed by atoms with Crippen molar-refractivity contribution in [3.8, 4) is 0 Å². The number of anilines is 1. The fraction of sp³-hybridized carbons (Fsp3) is 0.250. The third-order valence-corrected chi connectivity index (χ3v) is 5.20. The van der Waals surface area contributed by atoms with Crippen LogP contribution in [0.5, 0.6) is 0 Å². The number of rotatable bonds is 5. The zero-order chi connectivity index (χ0) is 20.4. The highest BCUT2D eigenvalue weighted by molar-refractivity contribution is 8.00. The van der Waals surface area contributed by atoms with Gasteiger partial charge in [-0.15, -0.1) is 0 Å². The molecule has 0 radical (unpaired) electrons. The van der Waals surface area contributed by atoms with Crippen molar-refractivity contribution < 1.29 is 13.6 Å². The Hall–Kier alpha value is -2.74. The van der Waals surface area contributed by atoms with Crippen molar-refractivity contribution in [1.29, 1.82) is 0 Å². The minimum absolute atomic E-state index is 0.164. The second kappa shape index (κ2) is 8.10. The molecule has 0 unspecified atom stereocenters. The van der Waals surface area contributed by atoms with Gasteiger partial charge in [0.1, 0.15) is 11.6 Å². The molecule has 0 aliphatic rings. The van der Waals surface area contributed by atoms with Crippen LogP contribution >= 0.6 is 11.8 Å². The van der Waals surface area contributed by atoms with Gasteiger partial charge in [0.2, 0.25) is 5.91 Å². The molecule has 1 amide bonds. The van der Waals surface area contributed by atoms with Crippen molar-refractivity contribution in [2.75, 3.05) is 5.32 Å². The molecule has 3 rings (SSSR count). The number of halogens is 2. The lowest BCUT2D eigenvalue weighted by atomic mass is 10.2. The first-order valence-corrected chi connectivity index (χ1v) is 9.59. The SMILES string of the molecule is CC(C)n1c(S[C@H](C)C(=O)Nc2cc(F)ccc2F)nc2ccccc2c1=O. The number of fused-ring (bicyclic) bond motifs is 1. The van der Waals surface area contributed by atoms with Crippen LogP contribution < -0.4 is 10.9 Å². The Morgan fingerprint density at radius 3 is 2.57 bits per heavy atom. The maximum Gasteiger partial charge on any atom is 0.262 e. The number of carbonyl (C=O) groups is 1. The van der Waals surface area contributed by atoms with Crippen molar-refractivity contribution in [3.05, 3.63) is 64.5 Å². The van der Waals surface area contributed by atoms with Crippen LogP contribution in [0, 0.1) is 11.6 Å². The highest BCUT2D eigenvalue weighted by Gasteiger charge is 2.21. The Labute approximate surface area is 164 Å². The molecule has 8 heteroatoms. The van der Waals surface area contributed by atoms with Crippen LogP contribution in [0.4, 0.5) is 14.5 Å². The fourth-order valence-electron chi connectivity index (χ4n) is 2.70. The molecular formula is C20H19F2N3O2S. The summed E-state index contributed by atoms with van der Waals surface area (Å²) in [5.74, 6) is -1.90. The summed E-state index contributed by atoms with van der Waals surface area (Å²) >= 11 is 1.09. The van der Waals surface area contributed by atoms with Gasteiger partial charge in [-0.3, -0.25) is 14.2 Å². The molecule has 1 heterocycles. The van der Waals surface area contributed by atoms with Crippen LogP contribution in [-0.4, -0.2) is 20.7 Å². The van der Waals surface area contributed by atoms with Gasteiger partial charge in [0.05, 0.1) is 21.8 Å². The summed E-state index contributed by atoms with van der Waals surface area (Å²) in [6.07, 6.45) is 0. The molecule has 1 atom stereocenters. The predicted octanol–water partition coefficient (Wildman–Crippen LogP) is 4.37. The van der Waals surface area contributed by atoms with Gasteiger partial charge in [0.15, 0.2) is 5.16 Å². The van der Waals surface area contributed by atoms with E-state index in [1.807, 2.05) is 13.8 Å². The number of hydrogen-bond donors (Lipinski definition) is 1. The van der Waals surface area contributed by atoms with Crippen molar-refractivity contribution in [3.63, 3.8) is 0 Å². The molecule has 5 nitrogen and oxygen atoms in total. The minimum atomic E-state index is -0.727. The van der Waals surface area contributed by atoms with E-state index >= 15 is 0 Å². The van der Waals surface area contributed by atoms with Gasteiger partial charge in [-0.1, -0.05) is 23.9 Å². The van der Waals surface area contributed by atoms with Gasteiger partial charge in [0.25, 0.3) is 5.56 Å². The third-order valence-electron chi connectivity index (χ3n) is 4.13. The molecule has 0 saturated heterocycles. The van der Waals surface area contributed by atoms with E-state index in [2.05, 4.69) is 10.3 Å². The first-order chi connectivity index (χ1) is 13.3. The molecule has 0 saturated carbocycles. The Kier molecular flexibility index (Phi) is 5.79. The van der Waals surface area contributed by atoms with Crippen molar-refractivity contribution in [1.82, 2.24) is 9.55 Å². The van der Waals surface area contributed by atoms with E-state index in [4.69, 9.17) is 0 Å². The van der Waals surface area contributed by atoms with Crippen molar-refractivity contribution in [2.24, 2.45) is 0 Å². The number of benzene rings is 2. The maximum atomic E-state index is 13.8. The molecule has 2 aromatic carbocycles. The first-order valence-electron chi connectivity index (χ1n) is 8.71. The monoisotopic (exact) mass is 403 g/mol. The lowest BCUT2D eigenvalue weighted by Crippen LogP contribution is -2.28. The quantitative estimate of drug-likeness (QED) is 0.507. The Balaban J connectivity index is 1.91. The average molecular weight is 403 g/mol. The van der Waals surface area contributed by atoms with E-state index in [1.54, 1.807) is 31.2 Å². The van der Waals surface area contributed by atoms with Crippen LogP contribution in [0.25, 0.3) is 10.9 Å². The summed E-state index contributed by atoms with van der Waals surface area (Å²) in [5, 5.41) is 2.58. The zero-order valence-electron chi connectivity index (χ0n) is 15.6. The molecule has 0 fully saturated rings. The largest absolute Gasteiger partial charge is 0.323 e. The summed E-state index contributed by atoms with van der Waals surface area (Å²) in [5.41, 5.74) is 0.118. The van der Waals surface area contributed by atoms with Crippen molar-refractivity contribution in [2.45, 2.75) is 37.2 Å². The number of nitrogens with zero attached hydrogens (tertiary/aromatic N) is 2. The van der Waals surface area contributed by atoms with Crippen LogP contribution in [0.3, 0.4) is 0 Å². The molecule has 3 aromatic rings. The van der Waals surface area contributed by atoms with Gasteiger partial charge in [-0.05, 0) is 45.0 Å². The van der Waals surface area contributed by atoms with Gasteiger partial charge >= 0.3 is 0 Å². The molecule has 1 N–H and O–H groups in total. The van der Waals surface area contributed by atoms with Gasteiger partial charge < -0.3 is 5.32 Å². The first kappa shape index (κ1) is 20.0. The van der Waals surface area contributed by atoms with Gasteiger partial charge in [-0.25, -0.2) is 13.8 Å². The molecule has 1 aromatic heterocycles.